The number of rotatable bonds is 3. The number of aliphatic hydroxyl groups excluding tert-OH is 1. The summed E-state index contributed by atoms with van der Waals surface area (Å²) in [5.41, 5.74) is 6.49. The molecule has 1 saturated heterocycles. The molecule has 1 aliphatic rings. The average molecular weight is 333 g/mol. The molecule has 0 saturated carbocycles. The predicted octanol–water partition coefficient (Wildman–Crippen LogP) is 2.38. The Morgan fingerprint density at radius 1 is 1.33 bits per heavy atom. The van der Waals surface area contributed by atoms with Crippen molar-refractivity contribution < 1.29 is 9.90 Å². The summed E-state index contributed by atoms with van der Waals surface area (Å²) in [5.74, 6) is 0.165. The molecule has 1 fully saturated rings. The minimum absolute atomic E-state index is 0. The number of hydrogen-bond donors (Lipinski definition) is 2. The zero-order valence-corrected chi connectivity index (χ0v) is 13.6. The lowest BCUT2D eigenvalue weighted by molar-refractivity contribution is -0.134. The van der Waals surface area contributed by atoms with E-state index in [1.165, 1.54) is 0 Å². The zero-order chi connectivity index (χ0) is 14.7. The molecule has 21 heavy (non-hydrogen) atoms. The molecule has 0 aliphatic carbocycles. The van der Waals surface area contributed by atoms with E-state index in [2.05, 4.69) is 0 Å². The van der Waals surface area contributed by atoms with E-state index in [1.807, 2.05) is 12.1 Å². The topological polar surface area (TPSA) is 66.6 Å². The Morgan fingerprint density at radius 2 is 1.86 bits per heavy atom. The highest BCUT2D eigenvalue weighted by molar-refractivity contribution is 6.30. The highest BCUT2D eigenvalue weighted by Crippen LogP contribution is 2.31. The molecule has 6 heteroatoms. The molecule has 1 unspecified atom stereocenters. The Balaban J connectivity index is 0.00000220. The van der Waals surface area contributed by atoms with Gasteiger partial charge in [0.15, 0.2) is 0 Å². The first-order valence-corrected chi connectivity index (χ1v) is 7.34. The first-order chi connectivity index (χ1) is 9.49. The second kappa shape index (κ2) is 7.99. The Morgan fingerprint density at radius 3 is 2.33 bits per heavy atom. The van der Waals surface area contributed by atoms with Crippen LogP contribution < -0.4 is 5.73 Å². The van der Waals surface area contributed by atoms with Crippen LogP contribution >= 0.6 is 24.0 Å². The van der Waals surface area contributed by atoms with E-state index in [1.54, 1.807) is 24.0 Å². The van der Waals surface area contributed by atoms with Crippen molar-refractivity contribution in [1.82, 2.24) is 4.90 Å². The standard InChI is InChI=1S/C15H21ClN2O2.ClH/c1-10(17)15(20)18-8-6-12(7-9-18)14(19)11-2-4-13(16)5-3-11;/h2-5,10,12,14,19H,6-9,17H2,1H3;1H/t10-,14?;/m0./s1. The van der Waals surface area contributed by atoms with Crippen molar-refractivity contribution in [1.29, 1.82) is 0 Å². The molecule has 1 aromatic carbocycles. The van der Waals surface area contributed by atoms with E-state index in [0.717, 1.165) is 18.4 Å². The lowest BCUT2D eigenvalue weighted by Gasteiger charge is -2.35. The normalized spacial score (nSPS) is 18.8. The largest absolute Gasteiger partial charge is 0.388 e. The second-order valence-electron chi connectivity index (χ2n) is 5.45. The van der Waals surface area contributed by atoms with Gasteiger partial charge in [0.2, 0.25) is 5.91 Å². The van der Waals surface area contributed by atoms with Gasteiger partial charge in [-0.05, 0) is 43.4 Å². The fourth-order valence-electron chi connectivity index (χ4n) is 2.66. The van der Waals surface area contributed by atoms with Gasteiger partial charge in [0.25, 0.3) is 0 Å². The first kappa shape index (κ1) is 18.2. The number of carbonyl (C=O) groups is 1. The number of nitrogens with two attached hydrogens (primary N) is 1. The number of halogens is 2. The summed E-state index contributed by atoms with van der Waals surface area (Å²) in [6.07, 6.45) is 1.09. The molecule has 0 bridgehead atoms. The molecule has 0 aromatic heterocycles. The SMILES string of the molecule is C[C@H](N)C(=O)N1CCC(C(O)c2ccc(Cl)cc2)CC1.Cl. The van der Waals surface area contributed by atoms with Crippen molar-refractivity contribution in [2.24, 2.45) is 11.7 Å². The average Bonchev–Trinajstić information content (AvgIpc) is 2.46. The fourth-order valence-corrected chi connectivity index (χ4v) is 2.78. The molecule has 0 spiro atoms. The van der Waals surface area contributed by atoms with Crippen LogP contribution in [0, 0.1) is 5.92 Å². The third kappa shape index (κ3) is 4.58. The van der Waals surface area contributed by atoms with Crippen LogP contribution in [-0.4, -0.2) is 35.0 Å². The van der Waals surface area contributed by atoms with Gasteiger partial charge in [-0.15, -0.1) is 12.4 Å². The Bertz CT molecular complexity index is 457. The maximum atomic E-state index is 11.8. The molecule has 2 atom stereocenters. The minimum atomic E-state index is -0.500. The molecule has 0 radical (unpaired) electrons. The molecule has 1 aromatic rings. The van der Waals surface area contributed by atoms with Crippen LogP contribution in [-0.2, 0) is 4.79 Å². The molecular weight excluding hydrogens is 311 g/mol. The van der Waals surface area contributed by atoms with Crippen LogP contribution in [0.5, 0.6) is 0 Å². The lowest BCUT2D eigenvalue weighted by atomic mass is 9.87. The molecule has 118 valence electrons. The smallest absolute Gasteiger partial charge is 0.239 e. The van der Waals surface area contributed by atoms with E-state index in [-0.39, 0.29) is 24.2 Å². The monoisotopic (exact) mass is 332 g/mol. The van der Waals surface area contributed by atoms with Crippen molar-refractivity contribution in [3.8, 4) is 0 Å². The van der Waals surface area contributed by atoms with Gasteiger partial charge in [0.05, 0.1) is 12.1 Å². The van der Waals surface area contributed by atoms with Crippen LogP contribution in [0.2, 0.25) is 5.02 Å². The molecular formula is C15H22Cl2N2O2. The molecule has 1 amide bonds. The number of hydrogen-bond acceptors (Lipinski definition) is 3. The lowest BCUT2D eigenvalue weighted by Crippen LogP contribution is -2.46. The molecule has 1 aliphatic heterocycles. The third-order valence-corrected chi connectivity index (χ3v) is 4.15. The summed E-state index contributed by atoms with van der Waals surface area (Å²) in [5, 5.41) is 11.1. The van der Waals surface area contributed by atoms with Crippen LogP contribution in [0.3, 0.4) is 0 Å². The maximum absolute atomic E-state index is 11.8. The van der Waals surface area contributed by atoms with Crippen molar-refractivity contribution in [2.75, 3.05) is 13.1 Å². The van der Waals surface area contributed by atoms with Gasteiger partial charge in [0.1, 0.15) is 0 Å². The second-order valence-corrected chi connectivity index (χ2v) is 5.88. The van der Waals surface area contributed by atoms with Gasteiger partial charge >= 0.3 is 0 Å². The van der Waals surface area contributed by atoms with Crippen molar-refractivity contribution in [2.45, 2.75) is 31.9 Å². The fraction of sp³-hybridized carbons (Fsp3) is 0.533. The molecule has 3 N–H and O–H groups in total. The van der Waals surface area contributed by atoms with Gasteiger partial charge in [-0.25, -0.2) is 0 Å². The van der Waals surface area contributed by atoms with E-state index in [0.29, 0.717) is 18.1 Å². The van der Waals surface area contributed by atoms with Crippen LogP contribution in [0.1, 0.15) is 31.4 Å². The third-order valence-electron chi connectivity index (χ3n) is 3.90. The first-order valence-electron chi connectivity index (χ1n) is 6.97. The van der Waals surface area contributed by atoms with Gasteiger partial charge in [-0.1, -0.05) is 23.7 Å². The Kier molecular flexibility index (Phi) is 6.94. The van der Waals surface area contributed by atoms with Gasteiger partial charge in [-0.3, -0.25) is 4.79 Å². The maximum Gasteiger partial charge on any atom is 0.239 e. The summed E-state index contributed by atoms with van der Waals surface area (Å²) in [6, 6.07) is 6.83. The van der Waals surface area contributed by atoms with Gasteiger partial charge in [0, 0.05) is 18.1 Å². The van der Waals surface area contributed by atoms with Gasteiger partial charge in [-0.2, -0.15) is 0 Å². The van der Waals surface area contributed by atoms with Crippen LogP contribution in [0.4, 0.5) is 0 Å². The number of amides is 1. The highest BCUT2D eigenvalue weighted by atomic mass is 35.5. The number of piperidine rings is 1. The quantitative estimate of drug-likeness (QED) is 0.892. The minimum Gasteiger partial charge on any atom is -0.388 e. The number of nitrogens with zero attached hydrogens (tertiary/aromatic N) is 1. The summed E-state index contributed by atoms with van der Waals surface area (Å²) in [6.45, 7) is 3.03. The van der Waals surface area contributed by atoms with E-state index in [9.17, 15) is 9.90 Å². The van der Waals surface area contributed by atoms with Crippen LogP contribution in [0.25, 0.3) is 0 Å². The predicted molar refractivity (Wildman–Crippen MR) is 86.6 cm³/mol. The number of likely N-dealkylation sites (tertiary alicyclic amines) is 1. The molecule has 4 nitrogen and oxygen atoms in total. The Labute approximate surface area is 136 Å². The van der Waals surface area contributed by atoms with E-state index < -0.39 is 12.1 Å². The van der Waals surface area contributed by atoms with Gasteiger partial charge < -0.3 is 15.7 Å². The van der Waals surface area contributed by atoms with E-state index >= 15 is 0 Å². The summed E-state index contributed by atoms with van der Waals surface area (Å²) in [7, 11) is 0. The highest BCUT2D eigenvalue weighted by Gasteiger charge is 2.29. The molecule has 2 rings (SSSR count). The Hall–Kier alpha value is -0.810. The van der Waals surface area contributed by atoms with Crippen molar-refractivity contribution >= 4 is 29.9 Å². The zero-order valence-electron chi connectivity index (χ0n) is 12.0. The summed E-state index contributed by atoms with van der Waals surface area (Å²) >= 11 is 5.85. The van der Waals surface area contributed by atoms with Crippen molar-refractivity contribution in [3.05, 3.63) is 34.9 Å². The van der Waals surface area contributed by atoms with Crippen molar-refractivity contribution in [3.63, 3.8) is 0 Å². The summed E-state index contributed by atoms with van der Waals surface area (Å²) < 4.78 is 0. The number of benzene rings is 1. The van der Waals surface area contributed by atoms with Crippen LogP contribution in [0.15, 0.2) is 24.3 Å². The number of aliphatic hydroxyl groups is 1. The number of carbonyl (C=O) groups excluding carboxylic acids is 1. The summed E-state index contributed by atoms with van der Waals surface area (Å²) in [4.78, 5) is 13.6. The molecule has 1 heterocycles. The van der Waals surface area contributed by atoms with E-state index in [4.69, 9.17) is 17.3 Å².